The van der Waals surface area contributed by atoms with E-state index in [0.29, 0.717) is 13.2 Å². The second-order valence-electron chi connectivity index (χ2n) is 4.00. The van der Waals surface area contributed by atoms with Crippen LogP contribution in [0.3, 0.4) is 0 Å². The molecule has 0 unspecified atom stereocenters. The second-order valence-corrected chi connectivity index (χ2v) is 5.61. The van der Waals surface area contributed by atoms with Crippen LogP contribution in [-0.4, -0.2) is 12.4 Å². The van der Waals surface area contributed by atoms with Crippen molar-refractivity contribution in [3.63, 3.8) is 0 Å². The van der Waals surface area contributed by atoms with Crippen molar-refractivity contribution in [1.82, 2.24) is 0 Å². The summed E-state index contributed by atoms with van der Waals surface area (Å²) < 4.78 is 5.69. The highest BCUT2D eigenvalue weighted by atomic mass is 35.5. The first kappa shape index (κ1) is 14.3. The molecule has 0 saturated heterocycles. The number of thioether (sulfide) groups is 1. The maximum Gasteiger partial charge on any atom is 0.119 e. The van der Waals surface area contributed by atoms with Crippen LogP contribution in [0.4, 0.5) is 0 Å². The third-order valence-electron chi connectivity index (χ3n) is 2.57. The lowest BCUT2D eigenvalue weighted by atomic mass is 10.2. The Balaban J connectivity index is 1.75. The van der Waals surface area contributed by atoms with Gasteiger partial charge in [-0.3, -0.25) is 0 Å². The number of rotatable bonds is 6. The first-order chi connectivity index (χ1) is 9.28. The van der Waals surface area contributed by atoms with Gasteiger partial charge in [-0.2, -0.15) is 0 Å². The average Bonchev–Trinajstić information content (AvgIpc) is 2.46. The summed E-state index contributed by atoms with van der Waals surface area (Å²) in [5.41, 5.74) is 6.68. The molecule has 100 valence electrons. The highest BCUT2D eigenvalue weighted by molar-refractivity contribution is 7.99. The van der Waals surface area contributed by atoms with Gasteiger partial charge >= 0.3 is 0 Å². The Hall–Kier alpha value is -1.16. The van der Waals surface area contributed by atoms with E-state index < -0.39 is 0 Å². The molecule has 0 radical (unpaired) electrons. The molecule has 0 heterocycles. The molecule has 0 amide bonds. The molecule has 2 rings (SSSR count). The monoisotopic (exact) mass is 293 g/mol. The van der Waals surface area contributed by atoms with Crippen molar-refractivity contribution in [2.75, 3.05) is 12.4 Å². The van der Waals surface area contributed by atoms with E-state index in [4.69, 9.17) is 22.1 Å². The summed E-state index contributed by atoms with van der Waals surface area (Å²) in [5.74, 6) is 1.77. The summed E-state index contributed by atoms with van der Waals surface area (Å²) in [7, 11) is 0. The van der Waals surface area contributed by atoms with Crippen LogP contribution in [-0.2, 0) is 6.54 Å². The van der Waals surface area contributed by atoms with Gasteiger partial charge in [-0.1, -0.05) is 23.7 Å². The SMILES string of the molecule is NCc1cccc(OCCSc2ccc(Cl)cc2)c1. The van der Waals surface area contributed by atoms with Gasteiger partial charge in [-0.05, 0) is 42.0 Å². The van der Waals surface area contributed by atoms with E-state index in [9.17, 15) is 0 Å². The average molecular weight is 294 g/mol. The van der Waals surface area contributed by atoms with E-state index in [-0.39, 0.29) is 0 Å². The normalized spacial score (nSPS) is 10.4. The maximum atomic E-state index is 5.84. The quantitative estimate of drug-likeness (QED) is 0.646. The highest BCUT2D eigenvalue weighted by Gasteiger charge is 1.97. The molecule has 0 aliphatic carbocycles. The van der Waals surface area contributed by atoms with Gasteiger partial charge in [0.05, 0.1) is 6.61 Å². The summed E-state index contributed by atoms with van der Waals surface area (Å²) >= 11 is 7.59. The van der Waals surface area contributed by atoms with Crippen LogP contribution in [0, 0.1) is 0 Å². The minimum Gasteiger partial charge on any atom is -0.493 e. The third kappa shape index (κ3) is 4.78. The number of benzene rings is 2. The zero-order valence-corrected chi connectivity index (χ0v) is 12.1. The van der Waals surface area contributed by atoms with Gasteiger partial charge in [0.25, 0.3) is 0 Å². The molecule has 19 heavy (non-hydrogen) atoms. The van der Waals surface area contributed by atoms with Crippen LogP contribution in [0.1, 0.15) is 5.56 Å². The second kappa shape index (κ2) is 7.43. The Morgan fingerprint density at radius 1 is 1.11 bits per heavy atom. The predicted octanol–water partition coefficient (Wildman–Crippen LogP) is 3.97. The third-order valence-corrected chi connectivity index (χ3v) is 3.80. The molecule has 0 fully saturated rings. The molecule has 2 aromatic rings. The van der Waals surface area contributed by atoms with E-state index in [0.717, 1.165) is 22.1 Å². The largest absolute Gasteiger partial charge is 0.493 e. The lowest BCUT2D eigenvalue weighted by Crippen LogP contribution is -2.01. The summed E-state index contributed by atoms with van der Waals surface area (Å²) in [6.07, 6.45) is 0. The minimum absolute atomic E-state index is 0.538. The van der Waals surface area contributed by atoms with Crippen molar-refractivity contribution in [2.24, 2.45) is 5.73 Å². The van der Waals surface area contributed by atoms with Crippen LogP contribution in [0.15, 0.2) is 53.4 Å². The van der Waals surface area contributed by atoms with Crippen molar-refractivity contribution in [1.29, 1.82) is 0 Å². The van der Waals surface area contributed by atoms with Crippen LogP contribution in [0.25, 0.3) is 0 Å². The van der Waals surface area contributed by atoms with Crippen LogP contribution in [0.5, 0.6) is 5.75 Å². The van der Waals surface area contributed by atoms with Gasteiger partial charge in [-0.25, -0.2) is 0 Å². The van der Waals surface area contributed by atoms with Gasteiger partial charge < -0.3 is 10.5 Å². The number of halogens is 1. The molecule has 4 heteroatoms. The Morgan fingerprint density at radius 3 is 2.63 bits per heavy atom. The first-order valence-corrected chi connectivity index (χ1v) is 7.44. The Kier molecular flexibility index (Phi) is 5.58. The first-order valence-electron chi connectivity index (χ1n) is 6.08. The van der Waals surface area contributed by atoms with Crippen LogP contribution < -0.4 is 10.5 Å². The lowest BCUT2D eigenvalue weighted by Gasteiger charge is -2.07. The number of nitrogens with two attached hydrogens (primary N) is 1. The van der Waals surface area contributed by atoms with Crippen LogP contribution >= 0.6 is 23.4 Å². The van der Waals surface area contributed by atoms with Gasteiger partial charge in [0, 0.05) is 22.2 Å². The summed E-state index contributed by atoms with van der Waals surface area (Å²) in [6, 6.07) is 15.7. The van der Waals surface area contributed by atoms with Crippen LogP contribution in [0.2, 0.25) is 5.02 Å². The molecule has 0 aliphatic heterocycles. The molecule has 0 aromatic heterocycles. The fourth-order valence-electron chi connectivity index (χ4n) is 1.61. The minimum atomic E-state index is 0.538. The standard InChI is InChI=1S/C15H16ClNOS/c16-13-4-6-15(7-5-13)19-9-8-18-14-3-1-2-12(10-14)11-17/h1-7,10H,8-9,11,17H2. The Bertz CT molecular complexity index is 516. The van der Waals surface area contributed by atoms with Gasteiger partial charge in [0.1, 0.15) is 5.75 Å². The molecular weight excluding hydrogens is 278 g/mol. The molecule has 2 N–H and O–H groups in total. The fraction of sp³-hybridized carbons (Fsp3) is 0.200. The van der Waals surface area contributed by atoms with E-state index in [1.807, 2.05) is 48.5 Å². The molecule has 0 spiro atoms. The van der Waals surface area contributed by atoms with E-state index in [1.54, 1.807) is 11.8 Å². The highest BCUT2D eigenvalue weighted by Crippen LogP contribution is 2.20. The Labute approximate surface area is 122 Å². The van der Waals surface area contributed by atoms with Crippen molar-refractivity contribution >= 4 is 23.4 Å². The van der Waals surface area contributed by atoms with Gasteiger partial charge in [-0.15, -0.1) is 11.8 Å². The zero-order chi connectivity index (χ0) is 13.5. The molecular formula is C15H16ClNOS. The maximum absolute atomic E-state index is 5.84. The number of hydrogen-bond acceptors (Lipinski definition) is 3. The molecule has 0 atom stereocenters. The van der Waals surface area contributed by atoms with Crippen molar-refractivity contribution in [3.8, 4) is 5.75 Å². The molecule has 0 saturated carbocycles. The summed E-state index contributed by atoms with van der Waals surface area (Å²) in [4.78, 5) is 1.20. The summed E-state index contributed by atoms with van der Waals surface area (Å²) in [6.45, 7) is 1.21. The molecule has 0 bridgehead atoms. The predicted molar refractivity (Wildman–Crippen MR) is 82.0 cm³/mol. The van der Waals surface area contributed by atoms with Crippen molar-refractivity contribution in [3.05, 3.63) is 59.1 Å². The smallest absolute Gasteiger partial charge is 0.119 e. The van der Waals surface area contributed by atoms with E-state index in [2.05, 4.69) is 0 Å². The number of ether oxygens (including phenoxy) is 1. The molecule has 2 nitrogen and oxygen atoms in total. The van der Waals surface area contributed by atoms with Crippen molar-refractivity contribution < 1.29 is 4.74 Å². The topological polar surface area (TPSA) is 35.2 Å². The fourth-order valence-corrected chi connectivity index (χ4v) is 2.47. The van der Waals surface area contributed by atoms with Gasteiger partial charge in [0.2, 0.25) is 0 Å². The van der Waals surface area contributed by atoms with Gasteiger partial charge in [0.15, 0.2) is 0 Å². The Morgan fingerprint density at radius 2 is 1.89 bits per heavy atom. The zero-order valence-electron chi connectivity index (χ0n) is 10.5. The summed E-state index contributed by atoms with van der Waals surface area (Å²) in [5, 5.41) is 0.763. The van der Waals surface area contributed by atoms with E-state index >= 15 is 0 Å². The van der Waals surface area contributed by atoms with Crippen molar-refractivity contribution in [2.45, 2.75) is 11.4 Å². The molecule has 2 aromatic carbocycles. The lowest BCUT2D eigenvalue weighted by molar-refractivity contribution is 0.343. The van der Waals surface area contributed by atoms with E-state index in [1.165, 1.54) is 4.90 Å². The number of hydrogen-bond donors (Lipinski definition) is 1. The molecule has 0 aliphatic rings.